The first-order valence-electron chi connectivity index (χ1n) is 11.9. The molecule has 38 heavy (non-hydrogen) atoms. The summed E-state index contributed by atoms with van der Waals surface area (Å²) in [5, 5.41) is 0.953. The second-order valence-electron chi connectivity index (χ2n) is 8.35. The van der Waals surface area contributed by atoms with E-state index in [9.17, 15) is 9.59 Å². The summed E-state index contributed by atoms with van der Waals surface area (Å²) in [6.45, 7) is 0. The third-order valence-electron chi connectivity index (χ3n) is 5.99. The average molecular weight is 505 g/mol. The molecule has 0 saturated heterocycles. The fraction of sp³-hybridized carbons (Fsp3) is 0.0625. The summed E-state index contributed by atoms with van der Waals surface area (Å²) < 4.78 is 22.0. The van der Waals surface area contributed by atoms with Gasteiger partial charge in [-0.15, -0.1) is 0 Å². The van der Waals surface area contributed by atoms with Crippen LogP contribution in [0.4, 0.5) is 0 Å². The van der Waals surface area contributed by atoms with E-state index in [0.717, 1.165) is 11.1 Å². The minimum atomic E-state index is -0.0995. The Morgan fingerprint density at radius 2 is 0.895 bits per heavy atom. The smallest absolute Gasteiger partial charge is 0.197 e. The molecule has 0 N–H and O–H groups in total. The van der Waals surface area contributed by atoms with E-state index in [-0.39, 0.29) is 10.9 Å². The molecule has 0 saturated carbocycles. The molecule has 2 heterocycles. The largest absolute Gasteiger partial charge is 0.496 e. The Morgan fingerprint density at radius 3 is 1.26 bits per heavy atom. The lowest BCUT2D eigenvalue weighted by Crippen LogP contribution is -2.02. The summed E-state index contributed by atoms with van der Waals surface area (Å²) in [5.74, 6) is 2.19. The van der Waals surface area contributed by atoms with Crippen LogP contribution in [-0.2, 0) is 0 Å². The molecule has 4 aromatic carbocycles. The normalized spacial score (nSPS) is 10.6. The molecular formula is C32H24O6. The molecule has 0 radical (unpaired) electrons. The summed E-state index contributed by atoms with van der Waals surface area (Å²) in [6.07, 6.45) is 0. The van der Waals surface area contributed by atoms with Crippen molar-refractivity contribution in [2.75, 3.05) is 14.2 Å². The molecule has 2 aromatic heterocycles. The Morgan fingerprint density at radius 1 is 0.500 bits per heavy atom. The topological polar surface area (TPSA) is 78.9 Å². The number of ether oxygens (including phenoxy) is 2. The Labute approximate surface area is 218 Å². The van der Waals surface area contributed by atoms with Crippen molar-refractivity contribution in [2.45, 2.75) is 0 Å². The summed E-state index contributed by atoms with van der Waals surface area (Å²) >= 11 is 0. The van der Waals surface area contributed by atoms with E-state index >= 15 is 0 Å². The summed E-state index contributed by atoms with van der Waals surface area (Å²) in [7, 11) is 3.08. The third-order valence-corrected chi connectivity index (χ3v) is 5.99. The van der Waals surface area contributed by atoms with Gasteiger partial charge in [0.2, 0.25) is 0 Å². The highest BCUT2D eigenvalue weighted by molar-refractivity contribution is 5.85. The molecule has 6 nitrogen and oxygen atoms in total. The zero-order valence-corrected chi connectivity index (χ0v) is 20.8. The summed E-state index contributed by atoms with van der Waals surface area (Å²) in [4.78, 5) is 24.4. The van der Waals surface area contributed by atoms with Crippen LogP contribution < -0.4 is 20.3 Å². The van der Waals surface area contributed by atoms with Crippen LogP contribution in [0.1, 0.15) is 0 Å². The number of fused-ring (bicyclic) bond motifs is 2. The fourth-order valence-corrected chi connectivity index (χ4v) is 4.19. The van der Waals surface area contributed by atoms with E-state index in [4.69, 9.17) is 18.3 Å². The molecule has 6 heteroatoms. The molecule has 6 rings (SSSR count). The van der Waals surface area contributed by atoms with E-state index < -0.39 is 0 Å². The number of benzene rings is 4. The van der Waals surface area contributed by atoms with Crippen molar-refractivity contribution in [2.24, 2.45) is 0 Å². The lowest BCUT2D eigenvalue weighted by Gasteiger charge is -2.06. The van der Waals surface area contributed by atoms with Crippen molar-refractivity contribution in [1.29, 1.82) is 0 Å². The minimum Gasteiger partial charge on any atom is -0.496 e. The molecule has 0 spiro atoms. The number of hydrogen-bond donors (Lipinski definition) is 0. The monoisotopic (exact) mass is 504 g/mol. The third kappa shape index (κ3) is 4.92. The zero-order chi connectivity index (χ0) is 26.5. The van der Waals surface area contributed by atoms with Gasteiger partial charge in [-0.1, -0.05) is 72.8 Å². The molecule has 0 aliphatic carbocycles. The molecule has 0 aliphatic heterocycles. The van der Waals surface area contributed by atoms with Gasteiger partial charge in [-0.05, 0) is 24.3 Å². The van der Waals surface area contributed by atoms with Crippen molar-refractivity contribution in [3.8, 4) is 34.1 Å². The second-order valence-corrected chi connectivity index (χ2v) is 8.35. The Bertz CT molecular complexity index is 1680. The van der Waals surface area contributed by atoms with Gasteiger partial charge in [0.05, 0.1) is 14.2 Å². The molecular weight excluding hydrogens is 480 g/mol. The van der Waals surface area contributed by atoms with Gasteiger partial charge in [0, 0.05) is 23.3 Å². The van der Waals surface area contributed by atoms with Gasteiger partial charge < -0.3 is 18.3 Å². The predicted molar refractivity (Wildman–Crippen MR) is 149 cm³/mol. The van der Waals surface area contributed by atoms with Gasteiger partial charge in [0.15, 0.2) is 10.9 Å². The van der Waals surface area contributed by atoms with Gasteiger partial charge >= 0.3 is 0 Å². The van der Waals surface area contributed by atoms with Gasteiger partial charge in [-0.25, -0.2) is 0 Å². The number of hydrogen-bond acceptors (Lipinski definition) is 6. The van der Waals surface area contributed by atoms with Crippen molar-refractivity contribution in [1.82, 2.24) is 0 Å². The Balaban J connectivity index is 0.000000155. The lowest BCUT2D eigenvalue weighted by atomic mass is 10.1. The molecule has 0 amide bonds. The van der Waals surface area contributed by atoms with Crippen molar-refractivity contribution < 1.29 is 18.3 Å². The van der Waals surface area contributed by atoms with Crippen molar-refractivity contribution >= 4 is 21.9 Å². The summed E-state index contributed by atoms with van der Waals surface area (Å²) in [5.41, 5.74) is 2.63. The molecule has 0 atom stereocenters. The van der Waals surface area contributed by atoms with E-state index in [2.05, 4.69) is 0 Å². The van der Waals surface area contributed by atoms with E-state index in [0.29, 0.717) is 45.0 Å². The van der Waals surface area contributed by atoms with Gasteiger partial charge in [0.25, 0.3) is 0 Å². The first-order valence-corrected chi connectivity index (χ1v) is 11.9. The first kappa shape index (κ1) is 24.6. The molecule has 0 aliphatic rings. The Kier molecular flexibility index (Phi) is 7.04. The maximum absolute atomic E-state index is 12.2. The highest BCUT2D eigenvalue weighted by Gasteiger charge is 2.11. The molecule has 0 fully saturated rings. The Hall–Kier alpha value is -5.10. The van der Waals surface area contributed by atoms with E-state index in [1.807, 2.05) is 60.7 Å². The minimum absolute atomic E-state index is 0.0995. The lowest BCUT2D eigenvalue weighted by molar-refractivity contribution is 0.418. The van der Waals surface area contributed by atoms with E-state index in [1.54, 1.807) is 50.6 Å². The predicted octanol–water partition coefficient (Wildman–Crippen LogP) is 6.94. The zero-order valence-electron chi connectivity index (χ0n) is 20.8. The van der Waals surface area contributed by atoms with Gasteiger partial charge in [-0.2, -0.15) is 0 Å². The van der Waals surface area contributed by atoms with Crippen LogP contribution in [0.3, 0.4) is 0 Å². The van der Waals surface area contributed by atoms with Gasteiger partial charge in [0.1, 0.15) is 45.0 Å². The van der Waals surface area contributed by atoms with Crippen LogP contribution in [0.2, 0.25) is 0 Å². The number of rotatable bonds is 4. The van der Waals surface area contributed by atoms with Gasteiger partial charge in [-0.3, -0.25) is 9.59 Å². The molecule has 188 valence electrons. The van der Waals surface area contributed by atoms with Crippen LogP contribution in [0.25, 0.3) is 44.6 Å². The quantitative estimate of drug-likeness (QED) is 0.259. The molecule has 0 unspecified atom stereocenters. The molecule has 6 aromatic rings. The highest BCUT2D eigenvalue weighted by Crippen LogP contribution is 2.28. The van der Waals surface area contributed by atoms with Crippen LogP contribution in [0.5, 0.6) is 11.5 Å². The highest BCUT2D eigenvalue weighted by atomic mass is 16.5. The molecule has 0 bridgehead atoms. The van der Waals surface area contributed by atoms with Crippen LogP contribution in [0.15, 0.2) is 128 Å². The second kappa shape index (κ2) is 10.9. The van der Waals surface area contributed by atoms with Crippen LogP contribution >= 0.6 is 0 Å². The number of methoxy groups -OCH3 is 2. The average Bonchev–Trinajstić information content (AvgIpc) is 2.97. The van der Waals surface area contributed by atoms with Crippen LogP contribution in [-0.4, -0.2) is 14.2 Å². The maximum atomic E-state index is 12.2. The van der Waals surface area contributed by atoms with Crippen molar-refractivity contribution in [3.05, 3.63) is 130 Å². The van der Waals surface area contributed by atoms with E-state index in [1.165, 1.54) is 12.1 Å². The van der Waals surface area contributed by atoms with Crippen molar-refractivity contribution in [3.63, 3.8) is 0 Å². The summed E-state index contributed by atoms with van der Waals surface area (Å²) in [6, 6.07) is 32.8. The van der Waals surface area contributed by atoms with Crippen LogP contribution in [0, 0.1) is 0 Å². The maximum Gasteiger partial charge on any atom is 0.197 e. The fourth-order valence-electron chi connectivity index (χ4n) is 4.19. The SMILES string of the molecule is COc1cccc2oc(-c3ccccc3)cc(=O)c12.COc1cccc2oc(-c3ccccc3)cc(=O)c12. The standard InChI is InChI=1S/2C16H12O3/c2*1-18-13-8-5-9-14-16(13)12(17)10-15(19-14)11-6-3-2-4-7-11/h2*2-10H,1H3. The first-order chi connectivity index (χ1) is 18.6.